The molecule has 24 heavy (non-hydrogen) atoms. The molecular weight excluding hydrogens is 307 g/mol. The van der Waals surface area contributed by atoms with Crippen molar-refractivity contribution in [3.63, 3.8) is 0 Å². The van der Waals surface area contributed by atoms with Crippen LogP contribution in [0.15, 0.2) is 30.5 Å². The van der Waals surface area contributed by atoms with Gasteiger partial charge < -0.3 is 5.11 Å². The molecule has 1 heterocycles. The molecule has 1 fully saturated rings. The average Bonchev–Trinajstić information content (AvgIpc) is 2.59. The fraction of sp³-hybridized carbons (Fsp3) is 0.421. The van der Waals surface area contributed by atoms with Gasteiger partial charge in [-0.3, -0.25) is 9.78 Å². The van der Waals surface area contributed by atoms with Gasteiger partial charge in [-0.15, -0.1) is 0 Å². The van der Waals surface area contributed by atoms with Gasteiger partial charge in [0, 0.05) is 18.0 Å². The van der Waals surface area contributed by atoms with Crippen LogP contribution in [-0.2, 0) is 4.79 Å². The van der Waals surface area contributed by atoms with Crippen molar-refractivity contribution in [1.29, 1.82) is 5.26 Å². The minimum absolute atomic E-state index is 0.0447. The number of hydrogen-bond donors (Lipinski definition) is 1. The zero-order valence-corrected chi connectivity index (χ0v) is 13.3. The molecule has 1 aliphatic carbocycles. The first-order chi connectivity index (χ1) is 11.6. The van der Waals surface area contributed by atoms with E-state index >= 15 is 0 Å². The van der Waals surface area contributed by atoms with Crippen LogP contribution in [0.1, 0.15) is 43.6 Å². The number of aliphatic carboxylic acids is 1. The Bertz CT molecular complexity index is 792. The second kappa shape index (κ2) is 6.96. The van der Waals surface area contributed by atoms with Gasteiger partial charge in [-0.1, -0.05) is 0 Å². The van der Waals surface area contributed by atoms with Crippen molar-refractivity contribution in [3.8, 4) is 6.07 Å². The Morgan fingerprint density at radius 1 is 1.33 bits per heavy atom. The summed E-state index contributed by atoms with van der Waals surface area (Å²) in [5.74, 6) is -1.40. The van der Waals surface area contributed by atoms with Crippen molar-refractivity contribution in [3.05, 3.63) is 41.8 Å². The zero-order valence-electron chi connectivity index (χ0n) is 13.3. The van der Waals surface area contributed by atoms with Crippen molar-refractivity contribution in [2.45, 2.75) is 38.0 Å². The molecule has 1 unspecified atom stereocenters. The summed E-state index contributed by atoms with van der Waals surface area (Å²) in [4.78, 5) is 15.6. The third kappa shape index (κ3) is 3.23. The van der Waals surface area contributed by atoms with E-state index in [0.717, 1.165) is 42.1 Å². The lowest BCUT2D eigenvalue weighted by atomic mass is 9.72. The first-order valence-corrected chi connectivity index (χ1v) is 8.24. The summed E-state index contributed by atoms with van der Waals surface area (Å²) < 4.78 is 13.6. The van der Waals surface area contributed by atoms with E-state index in [1.807, 2.05) is 12.1 Å². The first kappa shape index (κ1) is 16.4. The molecule has 1 atom stereocenters. The number of fused-ring (bicyclic) bond motifs is 1. The Morgan fingerprint density at radius 2 is 2.08 bits per heavy atom. The summed E-state index contributed by atoms with van der Waals surface area (Å²) in [7, 11) is 0. The fourth-order valence-electron chi connectivity index (χ4n) is 3.88. The van der Waals surface area contributed by atoms with Crippen LogP contribution < -0.4 is 0 Å². The van der Waals surface area contributed by atoms with Crippen molar-refractivity contribution in [1.82, 2.24) is 4.98 Å². The molecule has 1 aromatic carbocycles. The molecule has 2 aromatic rings. The summed E-state index contributed by atoms with van der Waals surface area (Å²) in [6.07, 6.45) is 5.08. The van der Waals surface area contributed by atoms with E-state index in [9.17, 15) is 14.3 Å². The maximum Gasteiger partial charge on any atom is 0.307 e. The van der Waals surface area contributed by atoms with Gasteiger partial charge in [0.2, 0.25) is 0 Å². The Kier molecular flexibility index (Phi) is 4.75. The smallest absolute Gasteiger partial charge is 0.307 e. The lowest BCUT2D eigenvalue weighted by Gasteiger charge is -2.32. The number of aromatic nitrogens is 1. The number of pyridine rings is 1. The second-order valence-electron chi connectivity index (χ2n) is 6.48. The number of rotatable bonds is 4. The van der Waals surface area contributed by atoms with Crippen LogP contribution in [-0.4, -0.2) is 16.1 Å². The van der Waals surface area contributed by atoms with Gasteiger partial charge in [0.25, 0.3) is 0 Å². The predicted molar refractivity (Wildman–Crippen MR) is 87.8 cm³/mol. The Balaban J connectivity index is 1.79. The number of benzene rings is 1. The molecule has 3 rings (SSSR count). The molecular formula is C19H19FN2O2. The van der Waals surface area contributed by atoms with Crippen LogP contribution in [0.2, 0.25) is 0 Å². The lowest BCUT2D eigenvalue weighted by molar-refractivity contribution is -0.144. The van der Waals surface area contributed by atoms with Crippen LogP contribution in [0.4, 0.5) is 4.39 Å². The van der Waals surface area contributed by atoms with Crippen molar-refractivity contribution >= 4 is 16.9 Å². The maximum absolute atomic E-state index is 13.6. The maximum atomic E-state index is 13.6. The van der Waals surface area contributed by atoms with Crippen LogP contribution in [0.3, 0.4) is 0 Å². The van der Waals surface area contributed by atoms with Gasteiger partial charge >= 0.3 is 5.97 Å². The van der Waals surface area contributed by atoms with E-state index in [-0.39, 0.29) is 24.1 Å². The summed E-state index contributed by atoms with van der Waals surface area (Å²) in [6.45, 7) is 0. The van der Waals surface area contributed by atoms with Gasteiger partial charge in [-0.2, -0.15) is 5.26 Å². The second-order valence-corrected chi connectivity index (χ2v) is 6.48. The molecule has 0 amide bonds. The molecule has 1 saturated carbocycles. The van der Waals surface area contributed by atoms with E-state index in [4.69, 9.17) is 5.26 Å². The quantitative estimate of drug-likeness (QED) is 0.911. The third-order valence-corrected chi connectivity index (χ3v) is 5.15. The third-order valence-electron chi connectivity index (χ3n) is 5.15. The first-order valence-electron chi connectivity index (χ1n) is 8.24. The van der Waals surface area contributed by atoms with E-state index < -0.39 is 11.9 Å². The molecule has 4 nitrogen and oxygen atoms in total. The number of carboxylic acids is 1. The number of halogens is 1. The van der Waals surface area contributed by atoms with Crippen molar-refractivity contribution in [2.24, 2.45) is 11.8 Å². The topological polar surface area (TPSA) is 74.0 Å². The van der Waals surface area contributed by atoms with Crippen LogP contribution in [0, 0.1) is 29.0 Å². The van der Waals surface area contributed by atoms with Gasteiger partial charge in [0.15, 0.2) is 0 Å². The Hall–Kier alpha value is -2.48. The molecule has 0 radical (unpaired) electrons. The zero-order chi connectivity index (χ0) is 17.1. The van der Waals surface area contributed by atoms with Gasteiger partial charge in [0.05, 0.1) is 17.5 Å². The minimum Gasteiger partial charge on any atom is -0.481 e. The molecule has 0 spiro atoms. The number of hydrogen-bond acceptors (Lipinski definition) is 3. The Morgan fingerprint density at radius 3 is 2.75 bits per heavy atom. The molecule has 1 N–H and O–H groups in total. The Labute approximate surface area is 139 Å². The van der Waals surface area contributed by atoms with Gasteiger partial charge in [-0.25, -0.2) is 4.39 Å². The van der Waals surface area contributed by atoms with E-state index in [1.54, 1.807) is 12.3 Å². The van der Waals surface area contributed by atoms with Gasteiger partial charge in [0.1, 0.15) is 5.82 Å². The fourth-order valence-corrected chi connectivity index (χ4v) is 3.88. The predicted octanol–water partition coefficient (Wildman–Crippen LogP) is 4.26. The average molecular weight is 326 g/mol. The monoisotopic (exact) mass is 326 g/mol. The summed E-state index contributed by atoms with van der Waals surface area (Å²) in [5.41, 5.74) is 1.87. The molecule has 1 aliphatic rings. The van der Waals surface area contributed by atoms with Crippen molar-refractivity contribution < 1.29 is 14.3 Å². The number of carboxylic acid groups (broad SMARTS) is 1. The normalized spacial score (nSPS) is 22.0. The molecule has 0 aliphatic heterocycles. The number of nitrogens with zero attached hydrogens (tertiary/aromatic N) is 2. The van der Waals surface area contributed by atoms with E-state index in [0.29, 0.717) is 0 Å². The lowest BCUT2D eigenvalue weighted by Crippen LogP contribution is -2.27. The van der Waals surface area contributed by atoms with Crippen molar-refractivity contribution in [2.75, 3.05) is 0 Å². The SMILES string of the molecule is N#CCC(C(=O)O)[C@H]1CC[C@@H](c2ccnc3ccc(F)cc32)CC1. The van der Waals surface area contributed by atoms with Crippen LogP contribution in [0.5, 0.6) is 0 Å². The summed E-state index contributed by atoms with van der Waals surface area (Å²) in [6, 6.07) is 8.56. The highest BCUT2D eigenvalue weighted by Crippen LogP contribution is 2.41. The summed E-state index contributed by atoms with van der Waals surface area (Å²) in [5, 5.41) is 19.0. The summed E-state index contributed by atoms with van der Waals surface area (Å²) >= 11 is 0. The highest BCUT2D eigenvalue weighted by atomic mass is 19.1. The molecule has 0 bridgehead atoms. The largest absolute Gasteiger partial charge is 0.481 e. The highest BCUT2D eigenvalue weighted by Gasteiger charge is 2.32. The number of carbonyl (C=O) groups is 1. The molecule has 5 heteroatoms. The van der Waals surface area contributed by atoms with E-state index in [1.165, 1.54) is 12.1 Å². The molecule has 0 saturated heterocycles. The highest BCUT2D eigenvalue weighted by molar-refractivity contribution is 5.82. The van der Waals surface area contributed by atoms with Crippen LogP contribution >= 0.6 is 0 Å². The molecule has 124 valence electrons. The number of nitriles is 1. The standard InChI is InChI=1S/C19H19FN2O2/c20-14-5-6-18-17(11-14)15(8-10-22-18)12-1-3-13(4-2-12)16(7-9-21)19(23)24/h5-6,8,10-13,16H,1-4,7H2,(H,23,24)/t12-,13+,16?. The van der Waals surface area contributed by atoms with E-state index in [2.05, 4.69) is 4.98 Å². The van der Waals surface area contributed by atoms with Gasteiger partial charge in [-0.05, 0) is 67.3 Å². The molecule has 1 aromatic heterocycles. The van der Waals surface area contributed by atoms with Crippen LogP contribution in [0.25, 0.3) is 10.9 Å². The minimum atomic E-state index is -0.878.